The Labute approximate surface area is 293 Å². The lowest BCUT2D eigenvalue weighted by molar-refractivity contribution is -0.131. The van der Waals surface area contributed by atoms with E-state index in [2.05, 4.69) is 37.9 Å². The maximum atomic E-state index is 15.1. The van der Waals surface area contributed by atoms with Crippen LogP contribution in [-0.2, 0) is 33.9 Å². The van der Waals surface area contributed by atoms with Crippen LogP contribution in [0.3, 0.4) is 0 Å². The Morgan fingerprint density at radius 3 is 2.46 bits per heavy atom. The molecule has 50 heavy (non-hydrogen) atoms. The number of para-hydroxylation sites is 1. The molecule has 0 fully saturated rings. The highest BCUT2D eigenvalue weighted by Gasteiger charge is 2.26. The summed E-state index contributed by atoms with van der Waals surface area (Å²) in [6.45, 7) is 8.02. The molecule has 0 spiro atoms. The van der Waals surface area contributed by atoms with Crippen molar-refractivity contribution in [2.45, 2.75) is 60.4 Å². The van der Waals surface area contributed by atoms with Gasteiger partial charge in [0.25, 0.3) is 6.47 Å². The maximum absolute atomic E-state index is 15.1. The number of benzene rings is 2. The second kappa shape index (κ2) is 19.2. The van der Waals surface area contributed by atoms with Crippen molar-refractivity contribution in [2.75, 3.05) is 44.6 Å². The van der Waals surface area contributed by atoms with Crippen LogP contribution in [0, 0.1) is 11.6 Å². The zero-order chi connectivity index (χ0) is 35.3. The van der Waals surface area contributed by atoms with Crippen LogP contribution in [0.25, 0.3) is 5.57 Å². The molecule has 0 aliphatic carbocycles. The molecular weight excluding hydrogens is 644 g/mol. The number of aromatic nitrogens is 4. The van der Waals surface area contributed by atoms with Crippen LogP contribution in [0.1, 0.15) is 62.8 Å². The standard InChI is InChI=1S/C32H35F2N7O2.C4H8O2.CH4/c1-5-8-23(31-37-28-19-40(2)17-25(28)32(39-31)38-30-11-12-35-20-36-30)22-9-6-7-10-29(22)41(3)18-24-26(33)15-21(16-27(24)34)43-14-13-42-4;1-4(2)6-3-5;/h6-12,15-16,20H,5,13-14,17-19H2,1-4H3,(H,35,36,37,38,39);3-4H,1-2H3;1H4/b23-8-;;. The van der Waals surface area contributed by atoms with Crippen LogP contribution in [0.15, 0.2) is 61.1 Å². The highest BCUT2D eigenvalue weighted by molar-refractivity contribution is 5.84. The van der Waals surface area contributed by atoms with Gasteiger partial charge in [0.05, 0.1) is 18.4 Å². The third kappa shape index (κ3) is 10.5. The van der Waals surface area contributed by atoms with Gasteiger partial charge in [-0.2, -0.15) is 0 Å². The Bertz CT molecular complexity index is 1700. The number of fused-ring (bicyclic) bond motifs is 1. The van der Waals surface area contributed by atoms with Crippen molar-refractivity contribution in [3.63, 3.8) is 0 Å². The van der Waals surface area contributed by atoms with Gasteiger partial charge in [0.15, 0.2) is 5.82 Å². The summed E-state index contributed by atoms with van der Waals surface area (Å²) in [5.74, 6) is 0.658. The molecule has 0 radical (unpaired) electrons. The van der Waals surface area contributed by atoms with E-state index in [0.29, 0.717) is 43.6 Å². The van der Waals surface area contributed by atoms with E-state index in [9.17, 15) is 4.79 Å². The molecule has 4 aromatic rings. The maximum Gasteiger partial charge on any atom is 0.293 e. The highest BCUT2D eigenvalue weighted by atomic mass is 19.1. The fourth-order valence-electron chi connectivity index (χ4n) is 5.17. The molecule has 13 heteroatoms. The number of rotatable bonds is 14. The molecule has 0 amide bonds. The van der Waals surface area contributed by atoms with E-state index in [1.165, 1.54) is 25.6 Å². The minimum Gasteiger partial charge on any atom is -0.491 e. The zero-order valence-corrected chi connectivity index (χ0v) is 28.7. The van der Waals surface area contributed by atoms with E-state index in [1.54, 1.807) is 26.1 Å². The predicted molar refractivity (Wildman–Crippen MR) is 191 cm³/mol. The molecule has 268 valence electrons. The smallest absolute Gasteiger partial charge is 0.293 e. The SMILES string of the molecule is C.CC(C)OC=O.CC/C=C(\c1nc2c(c(Nc3ccncn3)n1)CN(C)C2)c1ccccc1N(C)Cc1c(F)cc(OCCOC)cc1F. The summed E-state index contributed by atoms with van der Waals surface area (Å²) < 4.78 is 44.9. The predicted octanol–water partition coefficient (Wildman–Crippen LogP) is 6.94. The average molecular weight is 692 g/mol. The molecule has 0 saturated carbocycles. The molecule has 1 aliphatic heterocycles. The number of carbonyl (C=O) groups is 1. The lowest BCUT2D eigenvalue weighted by Gasteiger charge is -2.24. The first kappa shape index (κ1) is 39.4. The number of nitrogens with zero attached hydrogens (tertiary/aromatic N) is 6. The number of methoxy groups -OCH3 is 1. The van der Waals surface area contributed by atoms with Gasteiger partial charge in [-0.05, 0) is 39.4 Å². The first-order valence-corrected chi connectivity index (χ1v) is 16.0. The van der Waals surface area contributed by atoms with Gasteiger partial charge in [-0.1, -0.05) is 38.6 Å². The summed E-state index contributed by atoms with van der Waals surface area (Å²) in [6, 6.07) is 11.9. The Morgan fingerprint density at radius 1 is 1.10 bits per heavy atom. The van der Waals surface area contributed by atoms with E-state index in [0.717, 1.165) is 34.5 Å². The van der Waals surface area contributed by atoms with Gasteiger partial charge < -0.3 is 24.4 Å². The molecule has 5 rings (SSSR count). The monoisotopic (exact) mass is 691 g/mol. The Hall–Kier alpha value is -5.01. The van der Waals surface area contributed by atoms with Crippen LogP contribution >= 0.6 is 0 Å². The second-order valence-corrected chi connectivity index (χ2v) is 11.6. The second-order valence-electron chi connectivity index (χ2n) is 11.6. The van der Waals surface area contributed by atoms with Crippen molar-refractivity contribution in [3.05, 3.63) is 101 Å². The summed E-state index contributed by atoms with van der Waals surface area (Å²) in [5.41, 5.74) is 4.38. The summed E-state index contributed by atoms with van der Waals surface area (Å²) in [6.07, 6.45) is 6.00. The van der Waals surface area contributed by atoms with Gasteiger partial charge in [-0.25, -0.2) is 28.7 Å². The van der Waals surface area contributed by atoms with Crippen molar-refractivity contribution < 1.29 is 27.8 Å². The van der Waals surface area contributed by atoms with Crippen molar-refractivity contribution >= 4 is 29.4 Å². The summed E-state index contributed by atoms with van der Waals surface area (Å²) in [5, 5.41) is 3.35. The normalized spacial score (nSPS) is 12.4. The third-order valence-corrected chi connectivity index (χ3v) is 7.42. The molecule has 2 aromatic heterocycles. The molecule has 0 unspecified atom stereocenters. The average Bonchev–Trinajstić information content (AvgIpc) is 3.46. The van der Waals surface area contributed by atoms with Crippen molar-refractivity contribution in [3.8, 4) is 5.75 Å². The molecule has 0 atom stereocenters. The number of hydrogen-bond donors (Lipinski definition) is 1. The van der Waals surface area contributed by atoms with Gasteiger partial charge in [0.2, 0.25) is 0 Å². The topological polar surface area (TPSA) is 115 Å². The fourth-order valence-corrected chi connectivity index (χ4v) is 5.17. The van der Waals surface area contributed by atoms with Crippen molar-refractivity contribution in [2.24, 2.45) is 0 Å². The number of nitrogens with one attached hydrogen (secondary N) is 1. The quantitative estimate of drug-likeness (QED) is 0.110. The van der Waals surface area contributed by atoms with E-state index < -0.39 is 11.6 Å². The van der Waals surface area contributed by atoms with E-state index >= 15 is 8.78 Å². The summed E-state index contributed by atoms with van der Waals surface area (Å²) in [7, 11) is 5.39. The molecule has 3 heterocycles. The Morgan fingerprint density at radius 2 is 1.84 bits per heavy atom. The Kier molecular flexibility index (Phi) is 15.2. The van der Waals surface area contributed by atoms with Gasteiger partial charge in [0, 0.05) is 80.1 Å². The number of ether oxygens (including phenoxy) is 3. The van der Waals surface area contributed by atoms with Gasteiger partial charge in [0.1, 0.15) is 42.0 Å². The lowest BCUT2D eigenvalue weighted by atomic mass is 10.00. The van der Waals surface area contributed by atoms with E-state index in [-0.39, 0.29) is 38.0 Å². The number of hydrogen-bond acceptors (Lipinski definition) is 11. The summed E-state index contributed by atoms with van der Waals surface area (Å²) in [4.78, 5) is 31.7. The van der Waals surface area contributed by atoms with E-state index in [1.807, 2.05) is 43.3 Å². The molecule has 1 N–H and O–H groups in total. The summed E-state index contributed by atoms with van der Waals surface area (Å²) >= 11 is 0. The van der Waals surface area contributed by atoms with Crippen LogP contribution in [-0.4, -0.2) is 71.8 Å². The Balaban J connectivity index is 0.000000888. The molecule has 2 aromatic carbocycles. The van der Waals surface area contributed by atoms with Crippen molar-refractivity contribution in [1.82, 2.24) is 24.8 Å². The van der Waals surface area contributed by atoms with Gasteiger partial charge >= 0.3 is 0 Å². The molecule has 11 nitrogen and oxygen atoms in total. The number of anilines is 3. The first-order valence-electron chi connectivity index (χ1n) is 16.0. The fraction of sp³-hybridized carbons (Fsp3) is 0.378. The molecule has 1 aliphatic rings. The molecule has 0 bridgehead atoms. The van der Waals surface area contributed by atoms with Crippen LogP contribution in [0.5, 0.6) is 5.75 Å². The zero-order valence-electron chi connectivity index (χ0n) is 28.7. The number of allylic oxidation sites excluding steroid dienone is 1. The molecular formula is C37H47F2N7O4. The number of halogens is 2. The lowest BCUT2D eigenvalue weighted by Crippen LogP contribution is -2.20. The molecule has 0 saturated heterocycles. The first-order chi connectivity index (χ1) is 23.6. The van der Waals surface area contributed by atoms with Crippen molar-refractivity contribution in [1.29, 1.82) is 0 Å². The van der Waals surface area contributed by atoms with Gasteiger partial charge in [-0.15, -0.1) is 0 Å². The van der Waals surface area contributed by atoms with Crippen LogP contribution < -0.4 is 15.0 Å². The third-order valence-electron chi connectivity index (χ3n) is 7.42. The largest absolute Gasteiger partial charge is 0.491 e. The highest BCUT2D eigenvalue weighted by Crippen LogP contribution is 2.35. The minimum absolute atomic E-state index is 0. The minimum atomic E-state index is -0.674. The number of carbonyl (C=O) groups excluding carboxylic acids is 1. The van der Waals surface area contributed by atoms with E-state index in [4.69, 9.17) is 19.4 Å². The van der Waals surface area contributed by atoms with Crippen LogP contribution in [0.4, 0.5) is 26.1 Å². The van der Waals surface area contributed by atoms with Gasteiger partial charge in [-0.3, -0.25) is 9.69 Å². The van der Waals surface area contributed by atoms with Crippen LogP contribution in [0.2, 0.25) is 0 Å².